The fourth-order valence-electron chi connectivity index (χ4n) is 2.69. The minimum absolute atomic E-state index is 0.00139. The number of hydrogen-bond acceptors (Lipinski definition) is 5. The van der Waals surface area contributed by atoms with E-state index >= 15 is 0 Å². The summed E-state index contributed by atoms with van der Waals surface area (Å²) in [4.78, 5) is 12.7. The Balaban J connectivity index is 2.28. The van der Waals surface area contributed by atoms with Gasteiger partial charge in [0.2, 0.25) is 0 Å². The predicted molar refractivity (Wildman–Crippen MR) is 91.3 cm³/mol. The fraction of sp³-hybridized carbons (Fsp3) is 0.111. The van der Waals surface area contributed by atoms with Gasteiger partial charge in [0.05, 0.1) is 12.6 Å². The molecule has 1 aromatic heterocycles. The van der Waals surface area contributed by atoms with Crippen molar-refractivity contribution in [1.82, 2.24) is 4.57 Å². The summed E-state index contributed by atoms with van der Waals surface area (Å²) in [6, 6.07) is 13.7. The Morgan fingerprint density at radius 1 is 1.12 bits per heavy atom. The van der Waals surface area contributed by atoms with Crippen LogP contribution < -0.4 is 10.3 Å². The quantitative estimate of drug-likeness (QED) is 0.440. The van der Waals surface area contributed by atoms with Gasteiger partial charge in [0.25, 0.3) is 5.56 Å². The Bertz CT molecular complexity index is 988. The molecule has 0 unspecified atom stereocenters. The molecule has 24 heavy (non-hydrogen) atoms. The van der Waals surface area contributed by atoms with Gasteiger partial charge in [-0.2, -0.15) is 0 Å². The normalized spacial score (nSPS) is 11.7. The van der Waals surface area contributed by atoms with E-state index < -0.39 is 5.56 Å². The topological polar surface area (TPSA) is 84.0 Å². The molecule has 6 heteroatoms. The molecule has 0 aliphatic carbocycles. The molecule has 0 atom stereocenters. The van der Waals surface area contributed by atoms with Gasteiger partial charge in [-0.3, -0.25) is 4.79 Å². The first kappa shape index (κ1) is 15.6. The van der Waals surface area contributed by atoms with Gasteiger partial charge in [0.1, 0.15) is 22.8 Å². The van der Waals surface area contributed by atoms with Crippen LogP contribution in [0.2, 0.25) is 0 Å². The van der Waals surface area contributed by atoms with Gasteiger partial charge in [0, 0.05) is 18.0 Å². The standard InChI is InChI=1S/C18H16N2O4/c1-20-14-6-4-3-5-13(14)17(21)15(18(20)22)16(19-23)11-7-9-12(24-2)10-8-11/h3-10,21,23H,1-2H3/b19-16+. The molecular weight excluding hydrogens is 308 g/mol. The van der Waals surface area contributed by atoms with Crippen LogP contribution in [-0.4, -0.2) is 27.7 Å². The van der Waals surface area contributed by atoms with Crippen molar-refractivity contribution >= 4 is 16.6 Å². The number of para-hydroxylation sites is 1. The van der Waals surface area contributed by atoms with Crippen molar-refractivity contribution in [3.8, 4) is 11.5 Å². The molecule has 6 nitrogen and oxygen atoms in total. The van der Waals surface area contributed by atoms with Crippen LogP contribution in [0.4, 0.5) is 0 Å². The van der Waals surface area contributed by atoms with Crippen molar-refractivity contribution in [2.24, 2.45) is 12.2 Å². The van der Waals surface area contributed by atoms with Crippen LogP contribution >= 0.6 is 0 Å². The third kappa shape index (κ3) is 2.38. The number of pyridine rings is 1. The number of nitrogens with zero attached hydrogens (tertiary/aromatic N) is 2. The smallest absolute Gasteiger partial charge is 0.264 e. The van der Waals surface area contributed by atoms with Crippen LogP contribution in [0.25, 0.3) is 10.9 Å². The summed E-state index contributed by atoms with van der Waals surface area (Å²) in [6.45, 7) is 0. The highest BCUT2D eigenvalue weighted by Crippen LogP contribution is 2.28. The van der Waals surface area contributed by atoms with Crippen molar-refractivity contribution < 1.29 is 15.1 Å². The largest absolute Gasteiger partial charge is 0.506 e. The molecule has 1 heterocycles. The lowest BCUT2D eigenvalue weighted by molar-refractivity contribution is 0.319. The van der Waals surface area contributed by atoms with E-state index in [2.05, 4.69) is 5.16 Å². The number of ether oxygens (including phenoxy) is 1. The number of aryl methyl sites for hydroxylation is 1. The van der Waals surface area contributed by atoms with Crippen LogP contribution in [0, 0.1) is 0 Å². The Hall–Kier alpha value is -3.28. The van der Waals surface area contributed by atoms with Crippen LogP contribution in [-0.2, 0) is 7.05 Å². The molecule has 0 amide bonds. The summed E-state index contributed by atoms with van der Waals surface area (Å²) in [7, 11) is 3.15. The number of oxime groups is 1. The molecule has 0 aliphatic heterocycles. The first-order chi connectivity index (χ1) is 11.6. The third-order valence-corrected chi connectivity index (χ3v) is 3.98. The van der Waals surface area contributed by atoms with Gasteiger partial charge in [-0.1, -0.05) is 17.3 Å². The Kier molecular flexibility index (Phi) is 3.95. The van der Waals surface area contributed by atoms with Crippen molar-refractivity contribution in [1.29, 1.82) is 0 Å². The highest BCUT2D eigenvalue weighted by atomic mass is 16.5. The molecule has 0 spiro atoms. The zero-order valence-electron chi connectivity index (χ0n) is 13.2. The van der Waals surface area contributed by atoms with Crippen LogP contribution in [0.3, 0.4) is 0 Å². The van der Waals surface area contributed by atoms with Gasteiger partial charge < -0.3 is 19.6 Å². The van der Waals surface area contributed by atoms with Crippen LogP contribution in [0.15, 0.2) is 58.5 Å². The van der Waals surface area contributed by atoms with E-state index in [1.807, 2.05) is 0 Å². The second kappa shape index (κ2) is 6.08. The lowest BCUT2D eigenvalue weighted by Gasteiger charge is -2.13. The van der Waals surface area contributed by atoms with Crippen molar-refractivity contribution in [3.05, 3.63) is 70.0 Å². The van der Waals surface area contributed by atoms with E-state index in [1.165, 1.54) is 4.57 Å². The maximum Gasteiger partial charge on any atom is 0.264 e. The van der Waals surface area contributed by atoms with Crippen molar-refractivity contribution in [3.63, 3.8) is 0 Å². The summed E-state index contributed by atoms with van der Waals surface area (Å²) in [5, 5.41) is 23.8. The van der Waals surface area contributed by atoms with E-state index in [4.69, 9.17) is 4.74 Å². The second-order valence-electron chi connectivity index (χ2n) is 5.28. The highest BCUT2D eigenvalue weighted by Gasteiger charge is 2.21. The molecule has 0 fully saturated rings. The number of fused-ring (bicyclic) bond motifs is 1. The molecule has 0 saturated carbocycles. The lowest BCUT2D eigenvalue weighted by Crippen LogP contribution is -2.25. The molecule has 0 aliphatic rings. The molecule has 0 radical (unpaired) electrons. The van der Waals surface area contributed by atoms with Crippen molar-refractivity contribution in [2.75, 3.05) is 7.11 Å². The molecular formula is C18H16N2O4. The predicted octanol–water partition coefficient (Wildman–Crippen LogP) is 2.48. The van der Waals surface area contributed by atoms with Gasteiger partial charge >= 0.3 is 0 Å². The zero-order valence-corrected chi connectivity index (χ0v) is 13.2. The summed E-state index contributed by atoms with van der Waals surface area (Å²) >= 11 is 0. The number of aromatic hydroxyl groups is 1. The number of aromatic nitrogens is 1. The molecule has 3 aromatic rings. The van der Waals surface area contributed by atoms with Gasteiger partial charge in [0.15, 0.2) is 0 Å². The first-order valence-corrected chi connectivity index (χ1v) is 7.26. The van der Waals surface area contributed by atoms with Gasteiger partial charge in [-0.15, -0.1) is 0 Å². The summed E-state index contributed by atoms with van der Waals surface area (Å²) in [6.07, 6.45) is 0. The monoisotopic (exact) mass is 324 g/mol. The van der Waals surface area contributed by atoms with E-state index in [0.29, 0.717) is 22.2 Å². The molecule has 3 rings (SSSR count). The van der Waals surface area contributed by atoms with Gasteiger partial charge in [-0.05, 0) is 36.4 Å². The maximum absolute atomic E-state index is 12.7. The third-order valence-electron chi connectivity index (χ3n) is 3.98. The lowest BCUT2D eigenvalue weighted by atomic mass is 10.0. The molecule has 122 valence electrons. The van der Waals surface area contributed by atoms with E-state index in [9.17, 15) is 15.1 Å². The van der Waals surface area contributed by atoms with E-state index in [0.717, 1.165) is 0 Å². The second-order valence-corrected chi connectivity index (χ2v) is 5.28. The minimum Gasteiger partial charge on any atom is -0.506 e. The minimum atomic E-state index is -0.449. The van der Waals surface area contributed by atoms with E-state index in [-0.39, 0.29) is 17.0 Å². The molecule has 2 N–H and O–H groups in total. The molecule has 0 bridgehead atoms. The maximum atomic E-state index is 12.7. The summed E-state index contributed by atoms with van der Waals surface area (Å²) in [5.74, 6) is 0.420. The van der Waals surface area contributed by atoms with Crippen LogP contribution in [0.1, 0.15) is 11.1 Å². The Morgan fingerprint density at radius 2 is 1.79 bits per heavy atom. The van der Waals surface area contributed by atoms with Gasteiger partial charge in [-0.25, -0.2) is 0 Å². The van der Waals surface area contributed by atoms with Crippen LogP contribution in [0.5, 0.6) is 11.5 Å². The first-order valence-electron chi connectivity index (χ1n) is 7.26. The average molecular weight is 324 g/mol. The van der Waals surface area contributed by atoms with Crippen molar-refractivity contribution in [2.45, 2.75) is 0 Å². The molecule has 2 aromatic carbocycles. The summed E-state index contributed by atoms with van der Waals surface area (Å²) in [5.41, 5.74) is 0.581. The number of benzene rings is 2. The number of methoxy groups -OCH3 is 1. The number of hydrogen-bond donors (Lipinski definition) is 2. The Labute approximate surface area is 137 Å². The van der Waals surface area contributed by atoms with E-state index in [1.54, 1.807) is 62.7 Å². The molecule has 0 saturated heterocycles. The number of rotatable bonds is 3. The summed E-state index contributed by atoms with van der Waals surface area (Å²) < 4.78 is 6.51. The fourth-order valence-corrected chi connectivity index (χ4v) is 2.69. The SMILES string of the molecule is COc1ccc(/C(=N\O)c2c(O)c3ccccc3n(C)c2=O)cc1. The Morgan fingerprint density at radius 3 is 2.42 bits per heavy atom. The zero-order chi connectivity index (χ0) is 17.3. The highest BCUT2D eigenvalue weighted by molar-refractivity contribution is 6.16. The average Bonchev–Trinajstić information content (AvgIpc) is 2.63.